The molecule has 5 atom stereocenters. The zero-order valence-corrected chi connectivity index (χ0v) is 17.5. The van der Waals surface area contributed by atoms with Gasteiger partial charge in [0.25, 0.3) is 0 Å². The third-order valence-electron chi connectivity index (χ3n) is 5.34. The highest BCUT2D eigenvalue weighted by Crippen LogP contribution is 2.42. The Morgan fingerprint density at radius 1 is 0.971 bits per heavy atom. The summed E-state index contributed by atoms with van der Waals surface area (Å²) in [4.78, 5) is 24.1. The second-order valence-corrected chi connectivity index (χ2v) is 7.50. The van der Waals surface area contributed by atoms with Gasteiger partial charge in [-0.1, -0.05) is 0 Å². The minimum absolute atomic E-state index is 0.0268. The van der Waals surface area contributed by atoms with Crippen molar-refractivity contribution < 1.29 is 54.1 Å². The molecule has 3 aromatic rings. The van der Waals surface area contributed by atoms with Crippen molar-refractivity contribution in [1.82, 2.24) is 0 Å². The van der Waals surface area contributed by atoms with Crippen molar-refractivity contribution in [2.45, 2.75) is 30.7 Å². The second-order valence-electron chi connectivity index (χ2n) is 7.50. The molecule has 0 bridgehead atoms. The molecular weight excluding hydrogens is 456 g/mol. The van der Waals surface area contributed by atoms with Gasteiger partial charge in [-0.05, 0) is 24.3 Å². The molecule has 0 amide bonds. The molecule has 0 spiro atoms. The van der Waals surface area contributed by atoms with Crippen LogP contribution in [0.5, 0.6) is 23.0 Å². The van der Waals surface area contributed by atoms with Gasteiger partial charge in [0.2, 0.25) is 12.0 Å². The SMILES string of the molecule is COc1ccc(-c2cc(=O)c3c(O)cc(O)c(O[C@@H]4O[C@H](C(=O)O)[C@H](O)[C@@H](O)[C@H]4O)c3o2)cc1. The first-order valence-corrected chi connectivity index (χ1v) is 9.88. The fourth-order valence-corrected chi connectivity index (χ4v) is 3.56. The number of ether oxygens (including phenoxy) is 3. The molecule has 4 rings (SSSR count). The Morgan fingerprint density at radius 3 is 2.26 bits per heavy atom. The molecule has 0 unspecified atom stereocenters. The number of carbonyl (C=O) groups is 1. The summed E-state index contributed by atoms with van der Waals surface area (Å²) in [5, 5.41) is 59.5. The van der Waals surface area contributed by atoms with Crippen LogP contribution >= 0.6 is 0 Å². The smallest absolute Gasteiger partial charge is 0.335 e. The zero-order valence-electron chi connectivity index (χ0n) is 17.5. The summed E-state index contributed by atoms with van der Waals surface area (Å²) in [6.45, 7) is 0. The average Bonchev–Trinajstić information content (AvgIpc) is 2.80. The van der Waals surface area contributed by atoms with Crippen LogP contribution in [-0.4, -0.2) is 74.4 Å². The van der Waals surface area contributed by atoms with E-state index in [2.05, 4.69) is 0 Å². The number of aliphatic hydroxyl groups excluding tert-OH is 3. The van der Waals surface area contributed by atoms with Crippen molar-refractivity contribution in [3.63, 3.8) is 0 Å². The normalized spacial score (nSPS) is 24.6. The Bertz CT molecular complexity index is 1280. The van der Waals surface area contributed by atoms with Crippen molar-refractivity contribution in [3.8, 4) is 34.3 Å². The topological polar surface area (TPSA) is 196 Å². The summed E-state index contributed by atoms with van der Waals surface area (Å²) in [6.07, 6.45) is -9.72. The number of hydrogen-bond donors (Lipinski definition) is 6. The third kappa shape index (κ3) is 3.99. The molecule has 2 aromatic carbocycles. The first-order chi connectivity index (χ1) is 16.1. The van der Waals surface area contributed by atoms with E-state index in [-0.39, 0.29) is 11.1 Å². The summed E-state index contributed by atoms with van der Waals surface area (Å²) < 4.78 is 21.3. The van der Waals surface area contributed by atoms with Crippen LogP contribution in [0.3, 0.4) is 0 Å². The summed E-state index contributed by atoms with van der Waals surface area (Å²) in [5.41, 5.74) is -0.690. The van der Waals surface area contributed by atoms with Gasteiger partial charge in [0.1, 0.15) is 41.0 Å². The van der Waals surface area contributed by atoms with Crippen LogP contribution in [-0.2, 0) is 9.53 Å². The van der Waals surface area contributed by atoms with Crippen LogP contribution in [0.4, 0.5) is 0 Å². The van der Waals surface area contributed by atoms with E-state index in [0.717, 1.165) is 12.1 Å². The van der Waals surface area contributed by atoms with E-state index in [1.807, 2.05) is 0 Å². The Morgan fingerprint density at radius 2 is 1.65 bits per heavy atom. The van der Waals surface area contributed by atoms with Gasteiger partial charge >= 0.3 is 5.97 Å². The van der Waals surface area contributed by atoms with Crippen molar-refractivity contribution in [3.05, 3.63) is 46.6 Å². The van der Waals surface area contributed by atoms with Crippen LogP contribution in [0.25, 0.3) is 22.3 Å². The maximum absolute atomic E-state index is 12.8. The number of benzene rings is 2. The van der Waals surface area contributed by atoms with Gasteiger partial charge in [0.05, 0.1) is 7.11 Å². The standard InChI is InChI=1S/C22H20O12/c1-31-9-4-2-8(3-5-9)13-7-11(24)14-10(23)6-12(25)18(19(14)32-13)33-22-17(28)15(26)16(27)20(34-22)21(29)30/h2-7,15-17,20,22-23,25-28H,1H3,(H,29,30)/t15-,16-,17-,20+,22-/m1/s1. The Labute approximate surface area is 190 Å². The lowest BCUT2D eigenvalue weighted by atomic mass is 9.99. The maximum Gasteiger partial charge on any atom is 0.335 e. The van der Waals surface area contributed by atoms with Gasteiger partial charge in [-0.25, -0.2) is 4.79 Å². The van der Waals surface area contributed by atoms with Gasteiger partial charge < -0.3 is 49.3 Å². The van der Waals surface area contributed by atoms with Crippen LogP contribution in [0.2, 0.25) is 0 Å². The first kappa shape index (κ1) is 23.3. The number of hydrogen-bond acceptors (Lipinski definition) is 11. The molecule has 1 aromatic heterocycles. The van der Waals surface area contributed by atoms with Gasteiger partial charge in [-0.15, -0.1) is 0 Å². The Hall–Kier alpha value is -3.84. The number of methoxy groups -OCH3 is 1. The van der Waals surface area contributed by atoms with Gasteiger partial charge in [-0.2, -0.15) is 0 Å². The average molecular weight is 476 g/mol. The quantitative estimate of drug-likeness (QED) is 0.292. The summed E-state index contributed by atoms with van der Waals surface area (Å²) in [7, 11) is 1.48. The first-order valence-electron chi connectivity index (χ1n) is 9.88. The minimum Gasteiger partial charge on any atom is -0.507 e. The van der Waals surface area contributed by atoms with E-state index in [1.54, 1.807) is 24.3 Å². The highest BCUT2D eigenvalue weighted by molar-refractivity contribution is 5.91. The molecule has 180 valence electrons. The van der Waals surface area contributed by atoms with Gasteiger partial charge in [0.15, 0.2) is 22.9 Å². The van der Waals surface area contributed by atoms with E-state index >= 15 is 0 Å². The fourth-order valence-electron chi connectivity index (χ4n) is 3.56. The molecule has 12 nitrogen and oxygen atoms in total. The van der Waals surface area contributed by atoms with E-state index in [9.17, 15) is 40.2 Å². The second kappa shape index (κ2) is 8.83. The molecule has 1 aliphatic heterocycles. The maximum atomic E-state index is 12.8. The monoisotopic (exact) mass is 476 g/mol. The predicted molar refractivity (Wildman–Crippen MR) is 113 cm³/mol. The van der Waals surface area contributed by atoms with Crippen LogP contribution in [0.1, 0.15) is 0 Å². The number of carboxylic acid groups (broad SMARTS) is 1. The van der Waals surface area contributed by atoms with Crippen molar-refractivity contribution >= 4 is 16.9 Å². The lowest BCUT2D eigenvalue weighted by Crippen LogP contribution is -2.61. The lowest BCUT2D eigenvalue weighted by Gasteiger charge is -2.38. The highest BCUT2D eigenvalue weighted by atomic mass is 16.7. The van der Waals surface area contributed by atoms with E-state index < -0.39 is 64.9 Å². The molecule has 1 aliphatic rings. The molecule has 0 radical (unpaired) electrons. The van der Waals surface area contributed by atoms with Crippen molar-refractivity contribution in [1.29, 1.82) is 0 Å². The van der Waals surface area contributed by atoms with Crippen LogP contribution < -0.4 is 14.9 Å². The Kier molecular flexibility index (Phi) is 6.06. The highest BCUT2D eigenvalue weighted by Gasteiger charge is 2.48. The van der Waals surface area contributed by atoms with E-state index in [4.69, 9.17) is 18.6 Å². The number of aromatic hydroxyl groups is 2. The van der Waals surface area contributed by atoms with Crippen LogP contribution in [0.15, 0.2) is 45.6 Å². The summed E-state index contributed by atoms with van der Waals surface area (Å²) in [6, 6.07) is 8.31. The molecule has 12 heteroatoms. The molecule has 0 saturated carbocycles. The number of rotatable bonds is 5. The van der Waals surface area contributed by atoms with Gasteiger partial charge in [-0.3, -0.25) is 4.79 Å². The number of aliphatic hydroxyl groups is 3. The number of aliphatic carboxylic acids is 1. The summed E-state index contributed by atoms with van der Waals surface area (Å²) in [5.74, 6) is -3.00. The number of carboxylic acids is 1. The predicted octanol–water partition coefficient (Wildman–Crippen LogP) is 0.151. The molecule has 1 saturated heterocycles. The molecule has 34 heavy (non-hydrogen) atoms. The van der Waals surface area contributed by atoms with Crippen molar-refractivity contribution in [2.75, 3.05) is 7.11 Å². The van der Waals surface area contributed by atoms with Crippen LogP contribution in [0, 0.1) is 0 Å². The third-order valence-corrected chi connectivity index (χ3v) is 5.34. The molecular formula is C22H20O12. The van der Waals surface area contributed by atoms with Gasteiger partial charge in [0, 0.05) is 17.7 Å². The van der Waals surface area contributed by atoms with Crippen molar-refractivity contribution in [2.24, 2.45) is 0 Å². The number of fused-ring (bicyclic) bond motifs is 1. The zero-order chi connectivity index (χ0) is 24.7. The molecule has 0 aliphatic carbocycles. The minimum atomic E-state index is -1.97. The largest absolute Gasteiger partial charge is 0.507 e. The lowest BCUT2D eigenvalue weighted by molar-refractivity contribution is -0.271. The van der Waals surface area contributed by atoms with E-state index in [1.165, 1.54) is 7.11 Å². The fraction of sp³-hybridized carbons (Fsp3) is 0.273. The summed E-state index contributed by atoms with van der Waals surface area (Å²) >= 11 is 0. The van der Waals surface area contributed by atoms with E-state index in [0.29, 0.717) is 11.3 Å². The molecule has 6 N–H and O–H groups in total. The number of phenolic OH excluding ortho intramolecular Hbond substituents is 2. The Balaban J connectivity index is 1.82. The molecule has 1 fully saturated rings. The molecule has 2 heterocycles. The number of phenols is 2.